The van der Waals surface area contributed by atoms with E-state index in [1.54, 1.807) is 5.32 Å². The molecule has 1 amide bonds. The molecule has 0 radical (unpaired) electrons. The molecule has 0 aliphatic heterocycles. The highest BCUT2D eigenvalue weighted by molar-refractivity contribution is 14.1. The number of carbonyl (C=O) groups excluding carboxylic acids is 2. The first-order valence-corrected chi connectivity index (χ1v) is 10.7. The Kier molecular flexibility index (Phi) is 7.14. The van der Waals surface area contributed by atoms with Crippen LogP contribution in [0.2, 0.25) is 0 Å². The van der Waals surface area contributed by atoms with Crippen LogP contribution in [0.4, 0.5) is 8.78 Å². The molecule has 11 heteroatoms. The maximum atomic E-state index is 13.3. The van der Waals surface area contributed by atoms with Gasteiger partial charge >= 0.3 is 21.3 Å². The van der Waals surface area contributed by atoms with Crippen LogP contribution in [-0.4, -0.2) is 36.6 Å². The Morgan fingerprint density at radius 1 is 1.26 bits per heavy atom. The van der Waals surface area contributed by atoms with Crippen molar-refractivity contribution < 1.29 is 36.1 Å². The van der Waals surface area contributed by atoms with Crippen LogP contribution < -0.4 is 10.1 Å². The second kappa shape index (κ2) is 8.78. The van der Waals surface area contributed by atoms with Crippen LogP contribution in [0.3, 0.4) is 0 Å². The van der Waals surface area contributed by atoms with Gasteiger partial charge in [0.05, 0.1) is 18.0 Å². The van der Waals surface area contributed by atoms with Crippen LogP contribution in [0, 0.1) is 9.49 Å². The molecule has 2 rings (SSSR count). The van der Waals surface area contributed by atoms with Gasteiger partial charge in [0.15, 0.2) is 0 Å². The molecule has 1 aliphatic carbocycles. The van der Waals surface area contributed by atoms with Gasteiger partial charge < -0.3 is 10.1 Å². The minimum absolute atomic E-state index is 0.0925. The summed E-state index contributed by atoms with van der Waals surface area (Å²) >= 11 is 1.94. The van der Waals surface area contributed by atoms with Crippen molar-refractivity contribution in [3.8, 4) is 5.75 Å². The summed E-state index contributed by atoms with van der Waals surface area (Å²) in [5.74, 6) is -1.92. The predicted molar refractivity (Wildman–Crippen MR) is 100 cm³/mol. The normalized spacial score (nSPS) is 16.0. The average molecular weight is 517 g/mol. The quantitative estimate of drug-likeness (QED) is 0.260. The Morgan fingerprint density at radius 2 is 1.89 bits per heavy atom. The zero-order chi connectivity index (χ0) is 20.2. The van der Waals surface area contributed by atoms with Crippen molar-refractivity contribution in [2.24, 2.45) is 5.92 Å². The lowest BCUT2D eigenvalue weighted by Crippen LogP contribution is -2.42. The van der Waals surface area contributed by atoms with Gasteiger partial charge in [0.25, 0.3) is 5.91 Å². The lowest BCUT2D eigenvalue weighted by atomic mass is 9.89. The Bertz CT molecular complexity index is 824. The van der Waals surface area contributed by atoms with Crippen LogP contribution in [0.15, 0.2) is 18.2 Å². The molecule has 2 N–H and O–H groups in total. The maximum Gasteiger partial charge on any atom is 0.386 e. The van der Waals surface area contributed by atoms with E-state index in [0.29, 0.717) is 16.4 Å². The predicted octanol–water partition coefficient (Wildman–Crippen LogP) is 2.99. The first-order chi connectivity index (χ1) is 12.5. The molecule has 0 saturated heterocycles. The highest BCUT2D eigenvalue weighted by atomic mass is 127. The summed E-state index contributed by atoms with van der Waals surface area (Å²) in [4.78, 5) is 24.5. The summed E-state index contributed by atoms with van der Waals surface area (Å²) in [5, 5.41) is -2.80. The minimum Gasteiger partial charge on any atom is -0.425 e. The number of hydrogen-bond acceptors (Lipinski definition) is 5. The topological polar surface area (TPSA) is 110 Å². The van der Waals surface area contributed by atoms with Crippen LogP contribution in [0.25, 0.3) is 0 Å². The monoisotopic (exact) mass is 517 g/mol. The van der Waals surface area contributed by atoms with E-state index < -0.39 is 33.8 Å². The highest BCUT2D eigenvalue weighted by Gasteiger charge is 2.44. The maximum absolute atomic E-state index is 13.3. The summed E-state index contributed by atoms with van der Waals surface area (Å²) in [6.07, 6.45) is 4.23. The molecule has 0 atom stereocenters. The number of benzene rings is 1. The minimum atomic E-state index is -5.67. The first kappa shape index (κ1) is 22.0. The molecule has 1 aromatic carbocycles. The molecule has 1 aromatic rings. The number of alkyl halides is 2. The molecule has 0 heterocycles. The Hall–Kier alpha value is -1.34. The Labute approximate surface area is 168 Å². The van der Waals surface area contributed by atoms with Crippen LogP contribution >= 0.6 is 22.6 Å². The second-order valence-corrected chi connectivity index (χ2v) is 8.98. The average Bonchev–Trinajstić information content (AvgIpc) is 2.59. The third kappa shape index (κ3) is 5.82. The van der Waals surface area contributed by atoms with E-state index in [1.165, 1.54) is 18.2 Å². The van der Waals surface area contributed by atoms with Crippen molar-refractivity contribution in [2.45, 2.75) is 37.4 Å². The van der Waals surface area contributed by atoms with Gasteiger partial charge in [0.2, 0.25) is 0 Å². The third-order valence-electron chi connectivity index (χ3n) is 4.17. The van der Waals surface area contributed by atoms with E-state index in [2.05, 4.69) is 0 Å². The number of carbonyl (C=O) groups is 2. The van der Waals surface area contributed by atoms with Crippen molar-refractivity contribution in [3.05, 3.63) is 27.3 Å². The number of hydrogen-bond donors (Lipinski definition) is 2. The second-order valence-electron chi connectivity index (χ2n) is 6.19. The number of ether oxygens (including phenoxy) is 1. The molecular formula is C16H18F2INO6S. The number of esters is 1. The first-order valence-electron chi connectivity index (χ1n) is 8.15. The van der Waals surface area contributed by atoms with Gasteiger partial charge in [-0.2, -0.15) is 17.2 Å². The fourth-order valence-corrected chi connectivity index (χ4v) is 3.38. The Morgan fingerprint density at radius 3 is 2.48 bits per heavy atom. The molecule has 1 aliphatic rings. The highest BCUT2D eigenvalue weighted by Crippen LogP contribution is 2.28. The lowest BCUT2D eigenvalue weighted by molar-refractivity contribution is -0.140. The van der Waals surface area contributed by atoms with Crippen molar-refractivity contribution in [1.29, 1.82) is 0 Å². The SMILES string of the molecule is O=C(NCC(F)(F)S(=O)(=O)O)c1ccc(I)cc1OC(=O)C1CCCCC1. The number of halogens is 3. The lowest BCUT2D eigenvalue weighted by Gasteiger charge is -2.20. The molecule has 150 valence electrons. The zero-order valence-electron chi connectivity index (χ0n) is 14.1. The van der Waals surface area contributed by atoms with E-state index in [4.69, 9.17) is 9.29 Å². The summed E-state index contributed by atoms with van der Waals surface area (Å²) in [7, 11) is -5.67. The number of nitrogens with one attached hydrogen (secondary N) is 1. The van der Waals surface area contributed by atoms with Gasteiger partial charge in [-0.1, -0.05) is 19.3 Å². The van der Waals surface area contributed by atoms with Crippen molar-refractivity contribution in [1.82, 2.24) is 5.32 Å². The summed E-state index contributed by atoms with van der Waals surface area (Å²) in [6.45, 7) is -1.62. The van der Waals surface area contributed by atoms with Gasteiger partial charge in [0, 0.05) is 3.57 Å². The summed E-state index contributed by atoms with van der Waals surface area (Å²) < 4.78 is 62.3. The van der Waals surface area contributed by atoms with Gasteiger partial charge in [-0.15, -0.1) is 0 Å². The molecule has 0 bridgehead atoms. The fourth-order valence-electron chi connectivity index (χ4n) is 2.67. The van der Waals surface area contributed by atoms with Gasteiger partial charge in [-0.3, -0.25) is 14.1 Å². The molecule has 7 nitrogen and oxygen atoms in total. The van der Waals surface area contributed by atoms with Crippen LogP contribution in [-0.2, 0) is 14.9 Å². The van der Waals surface area contributed by atoms with E-state index in [1.807, 2.05) is 22.6 Å². The summed E-state index contributed by atoms with van der Waals surface area (Å²) in [6, 6.07) is 4.21. The molecule has 1 saturated carbocycles. The van der Waals surface area contributed by atoms with E-state index >= 15 is 0 Å². The molecule has 0 unspecified atom stereocenters. The smallest absolute Gasteiger partial charge is 0.386 e. The van der Waals surface area contributed by atoms with Crippen molar-refractivity contribution in [3.63, 3.8) is 0 Å². The van der Waals surface area contributed by atoms with Crippen molar-refractivity contribution >= 4 is 44.6 Å². The van der Waals surface area contributed by atoms with Gasteiger partial charge in [-0.25, -0.2) is 0 Å². The fraction of sp³-hybridized carbons (Fsp3) is 0.500. The molecular weight excluding hydrogens is 499 g/mol. The van der Waals surface area contributed by atoms with Crippen LogP contribution in [0.5, 0.6) is 5.75 Å². The molecule has 0 spiro atoms. The number of amides is 1. The van der Waals surface area contributed by atoms with Crippen LogP contribution in [0.1, 0.15) is 42.5 Å². The van der Waals surface area contributed by atoms with Crippen molar-refractivity contribution in [2.75, 3.05) is 6.54 Å². The van der Waals surface area contributed by atoms with E-state index in [9.17, 15) is 26.8 Å². The molecule has 27 heavy (non-hydrogen) atoms. The van der Waals surface area contributed by atoms with Gasteiger partial charge in [-0.05, 0) is 53.6 Å². The van der Waals surface area contributed by atoms with Gasteiger partial charge in [0.1, 0.15) is 5.75 Å². The molecule has 0 aromatic heterocycles. The third-order valence-corrected chi connectivity index (χ3v) is 5.74. The zero-order valence-corrected chi connectivity index (χ0v) is 17.1. The van der Waals surface area contributed by atoms with E-state index in [-0.39, 0.29) is 17.2 Å². The standard InChI is InChI=1S/C16H18F2INO6S/c17-16(18,27(23,24)25)9-20-14(21)12-7-6-11(19)8-13(12)26-15(22)10-4-2-1-3-5-10/h6-8,10H,1-5,9H2,(H,20,21)(H,23,24,25). The van der Waals surface area contributed by atoms with E-state index in [0.717, 1.165) is 19.3 Å². The summed E-state index contributed by atoms with van der Waals surface area (Å²) in [5.41, 5.74) is -0.189. The Balaban J connectivity index is 2.14. The largest absolute Gasteiger partial charge is 0.425 e. The number of rotatable bonds is 6. The molecule has 1 fully saturated rings.